The van der Waals surface area contributed by atoms with Crippen molar-refractivity contribution in [2.24, 2.45) is 0 Å². The van der Waals surface area contributed by atoms with E-state index in [1.165, 1.54) is 6.08 Å². The largest absolute Gasteiger partial charge is 0.488 e. The van der Waals surface area contributed by atoms with E-state index in [-0.39, 0.29) is 4.91 Å². The van der Waals surface area contributed by atoms with Gasteiger partial charge in [-0.05, 0) is 51.5 Å². The number of thioether (sulfide) groups is 1. The van der Waals surface area contributed by atoms with E-state index >= 15 is 0 Å². The average Bonchev–Trinajstić information content (AvgIpc) is 2.74. The number of benzene rings is 1. The molecule has 8 heteroatoms. The Morgan fingerprint density at radius 2 is 2.17 bits per heavy atom. The number of rotatable bonds is 6. The van der Waals surface area contributed by atoms with Crippen LogP contribution >= 0.6 is 27.7 Å². The van der Waals surface area contributed by atoms with E-state index in [1.54, 1.807) is 24.3 Å². The lowest BCUT2D eigenvalue weighted by atomic mass is 10.2. The second-order valence-electron chi connectivity index (χ2n) is 4.45. The summed E-state index contributed by atoms with van der Waals surface area (Å²) >= 11 is 4.08. The van der Waals surface area contributed by atoms with Crippen molar-refractivity contribution in [1.29, 1.82) is 0 Å². The Morgan fingerprint density at radius 3 is 2.78 bits per heavy atom. The van der Waals surface area contributed by atoms with Crippen LogP contribution in [0.25, 0.3) is 6.08 Å². The predicted molar refractivity (Wildman–Crippen MR) is 90.1 cm³/mol. The summed E-state index contributed by atoms with van der Waals surface area (Å²) in [5.74, 6) is -1.22. The maximum Gasteiger partial charge on any atom is 0.323 e. The van der Waals surface area contributed by atoms with Gasteiger partial charge in [-0.3, -0.25) is 19.3 Å². The lowest BCUT2D eigenvalue weighted by Crippen LogP contribution is -2.33. The summed E-state index contributed by atoms with van der Waals surface area (Å²) < 4.78 is 6.12. The van der Waals surface area contributed by atoms with Crippen LogP contribution < -0.4 is 4.74 Å². The van der Waals surface area contributed by atoms with Crippen LogP contribution in [0.1, 0.15) is 5.56 Å². The van der Waals surface area contributed by atoms with Crippen molar-refractivity contribution < 1.29 is 24.2 Å². The molecular weight excluding hydrogens is 386 g/mol. The van der Waals surface area contributed by atoms with Crippen LogP contribution in [0.3, 0.4) is 0 Å². The van der Waals surface area contributed by atoms with Crippen molar-refractivity contribution in [2.75, 3.05) is 13.2 Å². The van der Waals surface area contributed by atoms with Crippen molar-refractivity contribution in [3.63, 3.8) is 0 Å². The quantitative estimate of drug-likeness (QED) is 0.586. The molecule has 0 unspecified atom stereocenters. The maximum absolute atomic E-state index is 12.1. The van der Waals surface area contributed by atoms with E-state index < -0.39 is 23.7 Å². The summed E-state index contributed by atoms with van der Waals surface area (Å²) in [4.78, 5) is 35.3. The molecule has 120 valence electrons. The Hall–Kier alpha value is -2.06. The normalized spacial score (nSPS) is 16.0. The molecule has 0 saturated carbocycles. The van der Waals surface area contributed by atoms with E-state index in [2.05, 4.69) is 22.5 Å². The number of amides is 2. The standard InChI is InChI=1S/C15H12BrNO5S/c1-2-5-22-11-4-3-9(6-10(11)16)7-12-14(20)17(8-13(18)19)15(21)23-12/h2-4,6-7H,1,5,8H2,(H,18,19)/b12-7+. The van der Waals surface area contributed by atoms with Crippen LogP contribution in [-0.4, -0.2) is 40.3 Å². The molecule has 2 amide bonds. The van der Waals surface area contributed by atoms with E-state index in [9.17, 15) is 14.4 Å². The molecule has 0 bridgehead atoms. The van der Waals surface area contributed by atoms with Gasteiger partial charge >= 0.3 is 5.97 Å². The molecule has 1 aromatic carbocycles. The number of ether oxygens (including phenoxy) is 1. The van der Waals surface area contributed by atoms with Gasteiger partial charge in [0.25, 0.3) is 11.1 Å². The molecule has 0 spiro atoms. The summed E-state index contributed by atoms with van der Waals surface area (Å²) in [7, 11) is 0. The number of carboxylic acids is 1. The minimum atomic E-state index is -1.24. The van der Waals surface area contributed by atoms with Crippen LogP contribution in [-0.2, 0) is 9.59 Å². The van der Waals surface area contributed by atoms with Crippen molar-refractivity contribution in [2.45, 2.75) is 0 Å². The molecule has 1 aliphatic heterocycles. The van der Waals surface area contributed by atoms with Crippen LogP contribution in [0, 0.1) is 0 Å². The van der Waals surface area contributed by atoms with E-state index in [4.69, 9.17) is 9.84 Å². The zero-order valence-electron chi connectivity index (χ0n) is 11.8. The number of halogens is 1. The lowest BCUT2D eigenvalue weighted by Gasteiger charge is -2.08. The van der Waals surface area contributed by atoms with Crippen molar-refractivity contribution in [3.8, 4) is 5.75 Å². The first-order valence-electron chi connectivity index (χ1n) is 6.42. The van der Waals surface area contributed by atoms with Gasteiger partial charge in [0.2, 0.25) is 0 Å². The van der Waals surface area contributed by atoms with Gasteiger partial charge in [-0.2, -0.15) is 0 Å². The smallest absolute Gasteiger partial charge is 0.323 e. The fourth-order valence-corrected chi connectivity index (χ4v) is 3.14. The number of aliphatic carboxylic acids is 1. The highest BCUT2D eigenvalue weighted by molar-refractivity contribution is 9.10. The molecule has 23 heavy (non-hydrogen) atoms. The third-order valence-corrected chi connectivity index (χ3v) is 4.30. The van der Waals surface area contributed by atoms with Gasteiger partial charge < -0.3 is 9.84 Å². The second-order valence-corrected chi connectivity index (χ2v) is 6.30. The Morgan fingerprint density at radius 1 is 1.43 bits per heavy atom. The van der Waals surface area contributed by atoms with Crippen LogP contribution in [0.4, 0.5) is 4.79 Å². The Balaban J connectivity index is 2.20. The van der Waals surface area contributed by atoms with Gasteiger partial charge in [-0.1, -0.05) is 18.7 Å². The molecular formula is C15H12BrNO5S. The summed E-state index contributed by atoms with van der Waals surface area (Å²) in [6.45, 7) is 3.29. The zero-order valence-corrected chi connectivity index (χ0v) is 14.2. The Bertz CT molecular complexity index is 716. The van der Waals surface area contributed by atoms with Crippen LogP contribution in [0.15, 0.2) is 40.2 Å². The second kappa shape index (κ2) is 7.47. The highest BCUT2D eigenvalue weighted by atomic mass is 79.9. The van der Waals surface area contributed by atoms with Gasteiger partial charge in [0.1, 0.15) is 18.9 Å². The molecule has 0 atom stereocenters. The highest BCUT2D eigenvalue weighted by Gasteiger charge is 2.36. The maximum atomic E-state index is 12.1. The third-order valence-electron chi connectivity index (χ3n) is 2.78. The van der Waals surface area contributed by atoms with Gasteiger partial charge in [-0.25, -0.2) is 0 Å². The minimum absolute atomic E-state index is 0.183. The highest BCUT2D eigenvalue weighted by Crippen LogP contribution is 2.33. The molecule has 1 N–H and O–H groups in total. The van der Waals surface area contributed by atoms with E-state index in [0.717, 1.165) is 11.8 Å². The molecule has 2 rings (SSSR count). The number of hydrogen-bond acceptors (Lipinski definition) is 5. The van der Waals surface area contributed by atoms with Gasteiger partial charge in [-0.15, -0.1) is 0 Å². The Kier molecular flexibility index (Phi) is 5.62. The van der Waals surface area contributed by atoms with E-state index in [0.29, 0.717) is 27.3 Å². The van der Waals surface area contributed by atoms with E-state index in [1.807, 2.05) is 0 Å². The predicted octanol–water partition coefficient (Wildman–Crippen LogP) is 3.13. The minimum Gasteiger partial charge on any atom is -0.488 e. The Labute approximate surface area is 144 Å². The van der Waals surface area contributed by atoms with Crippen molar-refractivity contribution in [1.82, 2.24) is 4.90 Å². The first kappa shape index (κ1) is 17.3. The number of carbonyl (C=O) groups is 3. The molecule has 1 fully saturated rings. The topological polar surface area (TPSA) is 83.9 Å². The zero-order chi connectivity index (χ0) is 17.0. The number of nitrogens with zero attached hydrogens (tertiary/aromatic N) is 1. The first-order valence-corrected chi connectivity index (χ1v) is 8.03. The first-order chi connectivity index (χ1) is 10.9. The number of carboxylic acid groups (broad SMARTS) is 1. The monoisotopic (exact) mass is 397 g/mol. The third kappa shape index (κ3) is 4.23. The van der Waals surface area contributed by atoms with Gasteiger partial charge in [0.05, 0.1) is 9.38 Å². The lowest BCUT2D eigenvalue weighted by molar-refractivity contribution is -0.140. The van der Waals surface area contributed by atoms with Gasteiger partial charge in [0, 0.05) is 0 Å². The number of imide groups is 1. The molecule has 6 nitrogen and oxygen atoms in total. The van der Waals surface area contributed by atoms with Crippen molar-refractivity contribution in [3.05, 3.63) is 45.8 Å². The summed E-state index contributed by atoms with van der Waals surface area (Å²) in [5.41, 5.74) is 0.684. The molecule has 0 radical (unpaired) electrons. The molecule has 1 aromatic rings. The summed E-state index contributed by atoms with van der Waals surface area (Å²) in [6, 6.07) is 5.19. The summed E-state index contributed by atoms with van der Waals surface area (Å²) in [6.07, 6.45) is 3.16. The molecule has 0 aromatic heterocycles. The van der Waals surface area contributed by atoms with Gasteiger partial charge in [0.15, 0.2) is 0 Å². The number of hydrogen-bond donors (Lipinski definition) is 1. The molecule has 1 saturated heterocycles. The van der Waals surface area contributed by atoms with Crippen LogP contribution in [0.2, 0.25) is 0 Å². The fraction of sp³-hybridized carbons (Fsp3) is 0.133. The average molecular weight is 398 g/mol. The van der Waals surface area contributed by atoms with Crippen molar-refractivity contribution >= 4 is 50.9 Å². The molecule has 1 aliphatic rings. The molecule has 0 aliphatic carbocycles. The van der Waals surface area contributed by atoms with Crippen LogP contribution in [0.5, 0.6) is 5.75 Å². The molecule has 1 heterocycles. The number of carbonyl (C=O) groups excluding carboxylic acids is 2. The summed E-state index contributed by atoms with van der Waals surface area (Å²) in [5, 5.41) is 8.13. The SMILES string of the molecule is C=CCOc1ccc(/C=C2/SC(=O)N(CC(=O)O)C2=O)cc1Br. The fourth-order valence-electron chi connectivity index (χ4n) is 1.80.